The number of fused-ring (bicyclic) bond motifs is 1. The van der Waals surface area contributed by atoms with Crippen molar-refractivity contribution < 1.29 is 9.21 Å². The summed E-state index contributed by atoms with van der Waals surface area (Å²) in [7, 11) is 0. The predicted octanol–water partition coefficient (Wildman–Crippen LogP) is 4.03. The summed E-state index contributed by atoms with van der Waals surface area (Å²) >= 11 is 0. The Labute approximate surface area is 107 Å². The molecule has 1 aromatic carbocycles. The highest BCUT2D eigenvalue weighted by atomic mass is 16.3. The van der Waals surface area contributed by atoms with Crippen LogP contribution in [0.4, 0.5) is 0 Å². The summed E-state index contributed by atoms with van der Waals surface area (Å²) in [5, 5.41) is 0. The minimum atomic E-state index is 0.0578. The smallest absolute Gasteiger partial charge is 0.197 e. The molecule has 0 radical (unpaired) electrons. The molecule has 1 aliphatic carbocycles. The van der Waals surface area contributed by atoms with Gasteiger partial charge in [0.25, 0.3) is 0 Å². The molecule has 0 fully saturated rings. The molecule has 2 aromatic rings. The van der Waals surface area contributed by atoms with Crippen LogP contribution in [0.2, 0.25) is 0 Å². The van der Waals surface area contributed by atoms with Crippen LogP contribution >= 0.6 is 0 Å². The van der Waals surface area contributed by atoms with Gasteiger partial charge in [0.2, 0.25) is 0 Å². The van der Waals surface area contributed by atoms with Gasteiger partial charge in [-0.25, -0.2) is 0 Å². The first-order chi connectivity index (χ1) is 8.78. The van der Waals surface area contributed by atoms with Crippen molar-refractivity contribution >= 4 is 5.78 Å². The molecule has 1 aromatic heterocycles. The Bertz CT molecular complexity index is 593. The van der Waals surface area contributed by atoms with Gasteiger partial charge < -0.3 is 4.42 Å². The van der Waals surface area contributed by atoms with E-state index in [0.717, 1.165) is 17.7 Å². The van der Waals surface area contributed by atoms with Gasteiger partial charge in [0.05, 0.1) is 0 Å². The maximum atomic E-state index is 11.6. The Kier molecular flexibility index (Phi) is 2.78. The molecule has 1 heterocycles. The number of hydrogen-bond acceptors (Lipinski definition) is 2. The molecule has 0 aliphatic heterocycles. The van der Waals surface area contributed by atoms with Crippen LogP contribution in [0.5, 0.6) is 0 Å². The van der Waals surface area contributed by atoms with Crippen molar-refractivity contribution in [3.05, 3.63) is 47.2 Å². The van der Waals surface area contributed by atoms with E-state index in [1.165, 1.54) is 24.0 Å². The van der Waals surface area contributed by atoms with Crippen molar-refractivity contribution in [1.29, 1.82) is 0 Å². The average Bonchev–Trinajstić information content (AvgIpc) is 3.05. The fourth-order valence-corrected chi connectivity index (χ4v) is 2.54. The van der Waals surface area contributed by atoms with Crippen molar-refractivity contribution in [2.24, 2.45) is 0 Å². The number of aryl methyl sites for hydroxylation is 2. The summed E-state index contributed by atoms with van der Waals surface area (Å²) < 4.78 is 5.63. The summed E-state index contributed by atoms with van der Waals surface area (Å²) in [4.78, 5) is 11.6. The molecule has 0 N–H and O–H groups in total. The van der Waals surface area contributed by atoms with Crippen molar-refractivity contribution in [3.63, 3.8) is 0 Å². The Morgan fingerprint density at radius 3 is 2.83 bits per heavy atom. The normalized spacial score (nSPS) is 13.6. The van der Waals surface area contributed by atoms with Crippen molar-refractivity contribution in [1.82, 2.24) is 0 Å². The highest BCUT2D eigenvalue weighted by Gasteiger charge is 2.14. The van der Waals surface area contributed by atoms with Gasteiger partial charge in [0.1, 0.15) is 5.76 Å². The van der Waals surface area contributed by atoms with Gasteiger partial charge in [-0.2, -0.15) is 0 Å². The SMILES string of the molecule is CCC(=O)c1ccc(-c2ccc3c(c2)CCC3)o1. The minimum absolute atomic E-state index is 0.0578. The first-order valence-corrected chi connectivity index (χ1v) is 6.53. The summed E-state index contributed by atoms with van der Waals surface area (Å²) in [6.07, 6.45) is 4.08. The number of carbonyl (C=O) groups excluding carboxylic acids is 1. The minimum Gasteiger partial charge on any atom is -0.453 e. The summed E-state index contributed by atoms with van der Waals surface area (Å²) in [6.45, 7) is 1.85. The molecule has 2 nitrogen and oxygen atoms in total. The van der Waals surface area contributed by atoms with Crippen LogP contribution in [0.25, 0.3) is 11.3 Å². The highest BCUT2D eigenvalue weighted by molar-refractivity contribution is 5.93. The lowest BCUT2D eigenvalue weighted by molar-refractivity contribution is 0.0962. The van der Waals surface area contributed by atoms with E-state index in [2.05, 4.69) is 18.2 Å². The molecular weight excluding hydrogens is 224 g/mol. The Morgan fingerprint density at radius 1 is 1.17 bits per heavy atom. The number of carbonyl (C=O) groups is 1. The maximum absolute atomic E-state index is 11.6. The Balaban J connectivity index is 1.95. The van der Waals surface area contributed by atoms with Gasteiger partial charge >= 0.3 is 0 Å². The van der Waals surface area contributed by atoms with Crippen LogP contribution in [-0.2, 0) is 12.8 Å². The van der Waals surface area contributed by atoms with Crippen molar-refractivity contribution in [2.75, 3.05) is 0 Å². The van der Waals surface area contributed by atoms with E-state index in [4.69, 9.17) is 4.42 Å². The molecule has 2 heteroatoms. The number of furan rings is 1. The number of hydrogen-bond donors (Lipinski definition) is 0. The van der Waals surface area contributed by atoms with Crippen LogP contribution in [-0.4, -0.2) is 5.78 Å². The van der Waals surface area contributed by atoms with Gasteiger partial charge in [-0.1, -0.05) is 19.1 Å². The molecule has 0 saturated heterocycles. The highest BCUT2D eigenvalue weighted by Crippen LogP contribution is 2.29. The van der Waals surface area contributed by atoms with E-state index < -0.39 is 0 Å². The fourth-order valence-electron chi connectivity index (χ4n) is 2.54. The van der Waals surface area contributed by atoms with Crippen LogP contribution in [0.15, 0.2) is 34.7 Å². The fraction of sp³-hybridized carbons (Fsp3) is 0.312. The molecule has 0 spiro atoms. The number of rotatable bonds is 3. The quantitative estimate of drug-likeness (QED) is 0.758. The first kappa shape index (κ1) is 11.3. The summed E-state index contributed by atoms with van der Waals surface area (Å²) in [5.74, 6) is 1.32. The molecule has 0 atom stereocenters. The third-order valence-electron chi connectivity index (χ3n) is 3.58. The van der Waals surface area contributed by atoms with Gasteiger partial charge in [0, 0.05) is 12.0 Å². The van der Waals surface area contributed by atoms with Crippen LogP contribution in [0.3, 0.4) is 0 Å². The topological polar surface area (TPSA) is 30.2 Å². The average molecular weight is 240 g/mol. The Morgan fingerprint density at radius 2 is 2.00 bits per heavy atom. The van der Waals surface area contributed by atoms with Crippen molar-refractivity contribution in [2.45, 2.75) is 32.6 Å². The standard InChI is InChI=1S/C16H16O2/c1-2-14(17)16-9-8-15(18-16)13-7-6-11-4-3-5-12(11)10-13/h6-10H,2-5H2,1H3. The summed E-state index contributed by atoms with van der Waals surface area (Å²) in [5.41, 5.74) is 3.95. The molecule has 92 valence electrons. The predicted molar refractivity (Wildman–Crippen MR) is 70.8 cm³/mol. The second kappa shape index (κ2) is 4.45. The summed E-state index contributed by atoms with van der Waals surface area (Å²) in [6, 6.07) is 10.1. The van der Waals surface area contributed by atoms with Crippen molar-refractivity contribution in [3.8, 4) is 11.3 Å². The monoisotopic (exact) mass is 240 g/mol. The number of ketones is 1. The Hall–Kier alpha value is -1.83. The molecule has 3 rings (SSSR count). The van der Waals surface area contributed by atoms with Gasteiger partial charge in [0.15, 0.2) is 11.5 Å². The molecule has 0 amide bonds. The third kappa shape index (κ3) is 1.88. The molecule has 0 unspecified atom stereocenters. The van der Waals surface area contributed by atoms with E-state index in [0.29, 0.717) is 12.2 Å². The van der Waals surface area contributed by atoms with Crippen LogP contribution in [0.1, 0.15) is 41.4 Å². The van der Waals surface area contributed by atoms with E-state index in [9.17, 15) is 4.79 Å². The molecule has 0 saturated carbocycles. The van der Waals surface area contributed by atoms with E-state index >= 15 is 0 Å². The largest absolute Gasteiger partial charge is 0.453 e. The van der Waals surface area contributed by atoms with E-state index in [1.54, 1.807) is 6.07 Å². The van der Waals surface area contributed by atoms with Gasteiger partial charge in [-0.3, -0.25) is 4.79 Å². The van der Waals surface area contributed by atoms with Crippen LogP contribution < -0.4 is 0 Å². The molecule has 18 heavy (non-hydrogen) atoms. The zero-order valence-corrected chi connectivity index (χ0v) is 10.5. The molecule has 1 aliphatic rings. The number of benzene rings is 1. The first-order valence-electron chi connectivity index (χ1n) is 6.53. The molecule has 0 bridgehead atoms. The van der Waals surface area contributed by atoms with Crippen LogP contribution in [0, 0.1) is 0 Å². The van der Waals surface area contributed by atoms with E-state index in [1.807, 2.05) is 13.0 Å². The lowest BCUT2D eigenvalue weighted by atomic mass is 10.1. The zero-order chi connectivity index (χ0) is 12.5. The van der Waals surface area contributed by atoms with Gasteiger partial charge in [-0.15, -0.1) is 0 Å². The second-order valence-corrected chi connectivity index (χ2v) is 4.78. The lowest BCUT2D eigenvalue weighted by Crippen LogP contribution is -1.92. The second-order valence-electron chi connectivity index (χ2n) is 4.78. The van der Waals surface area contributed by atoms with E-state index in [-0.39, 0.29) is 5.78 Å². The third-order valence-corrected chi connectivity index (χ3v) is 3.58. The molecular formula is C16H16O2. The zero-order valence-electron chi connectivity index (χ0n) is 10.5. The lowest BCUT2D eigenvalue weighted by Gasteiger charge is -2.02. The maximum Gasteiger partial charge on any atom is 0.197 e. The van der Waals surface area contributed by atoms with Gasteiger partial charge in [-0.05, 0) is 48.6 Å². The number of Topliss-reactive ketones (excluding diaryl/α,β-unsaturated/α-hetero) is 1.